The lowest BCUT2D eigenvalue weighted by atomic mass is 9.87. The van der Waals surface area contributed by atoms with Gasteiger partial charge in [-0.1, -0.05) is 6.07 Å². The van der Waals surface area contributed by atoms with Crippen LogP contribution in [0.5, 0.6) is 0 Å². The number of hydrogen-bond acceptors (Lipinski definition) is 5. The number of fused-ring (bicyclic) bond motifs is 3. The minimum Gasteiger partial charge on any atom is -0.275 e. The third kappa shape index (κ3) is 2.31. The highest BCUT2D eigenvalue weighted by molar-refractivity contribution is 5.86. The summed E-state index contributed by atoms with van der Waals surface area (Å²) in [5.74, 6) is 1.57. The summed E-state index contributed by atoms with van der Waals surface area (Å²) in [6.07, 6.45) is 8.30. The summed E-state index contributed by atoms with van der Waals surface area (Å²) in [5.41, 5.74) is 6.92. The third-order valence-electron chi connectivity index (χ3n) is 5.21. The molecule has 26 heavy (non-hydrogen) atoms. The van der Waals surface area contributed by atoms with E-state index >= 15 is 0 Å². The molecule has 1 aliphatic heterocycles. The highest BCUT2D eigenvalue weighted by Gasteiger charge is 2.27. The van der Waals surface area contributed by atoms with E-state index in [0.717, 1.165) is 41.5 Å². The van der Waals surface area contributed by atoms with Crippen LogP contribution in [0.3, 0.4) is 0 Å². The molecule has 1 aliphatic carbocycles. The zero-order valence-corrected chi connectivity index (χ0v) is 14.7. The van der Waals surface area contributed by atoms with Gasteiger partial charge in [-0.2, -0.15) is 0 Å². The molecule has 1 aromatic carbocycles. The van der Waals surface area contributed by atoms with Crippen LogP contribution in [0.4, 0.5) is 28.7 Å². The first-order valence-corrected chi connectivity index (χ1v) is 9.06. The predicted octanol–water partition coefficient (Wildman–Crippen LogP) is 5.86. The first kappa shape index (κ1) is 15.2. The fourth-order valence-corrected chi connectivity index (χ4v) is 3.95. The topological polar surface area (TPSA) is 53.7 Å². The number of aryl methyl sites for hydroxylation is 1. The van der Waals surface area contributed by atoms with Crippen molar-refractivity contribution in [1.82, 2.24) is 9.97 Å². The van der Waals surface area contributed by atoms with E-state index in [1.165, 1.54) is 29.5 Å². The predicted molar refractivity (Wildman–Crippen MR) is 102 cm³/mol. The standard InChI is InChI=1S/C21H19N5/c1-14-10-11-19(16-7-3-2-6-15(14)16)26-20-17(8-4-12-22-20)24-25-18-9-5-13-23-21(18)26/h4-5,8-13H,2-3,6-7H2,1H3. The molecule has 0 saturated carbocycles. The van der Waals surface area contributed by atoms with Crippen molar-refractivity contribution in [1.29, 1.82) is 0 Å². The second-order valence-electron chi connectivity index (χ2n) is 6.79. The lowest BCUT2D eigenvalue weighted by Gasteiger charge is -2.29. The van der Waals surface area contributed by atoms with Crippen molar-refractivity contribution in [3.8, 4) is 0 Å². The van der Waals surface area contributed by atoms with Gasteiger partial charge in [0.1, 0.15) is 11.4 Å². The molecule has 0 spiro atoms. The first-order chi connectivity index (χ1) is 12.8. The number of nitrogens with zero attached hydrogens (tertiary/aromatic N) is 5. The molecule has 0 N–H and O–H groups in total. The van der Waals surface area contributed by atoms with E-state index in [4.69, 9.17) is 0 Å². The van der Waals surface area contributed by atoms with Crippen molar-refractivity contribution in [2.24, 2.45) is 10.2 Å². The summed E-state index contributed by atoms with van der Waals surface area (Å²) in [4.78, 5) is 11.4. The Morgan fingerprint density at radius 2 is 1.38 bits per heavy atom. The maximum atomic E-state index is 4.64. The van der Waals surface area contributed by atoms with Crippen LogP contribution < -0.4 is 4.90 Å². The quantitative estimate of drug-likeness (QED) is 0.435. The molecule has 2 aromatic heterocycles. The highest BCUT2D eigenvalue weighted by Crippen LogP contribution is 2.47. The van der Waals surface area contributed by atoms with Crippen molar-refractivity contribution in [2.75, 3.05) is 4.90 Å². The van der Waals surface area contributed by atoms with E-state index in [0.29, 0.717) is 0 Å². The van der Waals surface area contributed by atoms with Crippen LogP contribution in [0.1, 0.15) is 29.5 Å². The summed E-state index contributed by atoms with van der Waals surface area (Å²) >= 11 is 0. The van der Waals surface area contributed by atoms with Crippen LogP contribution in [0.15, 0.2) is 59.0 Å². The second kappa shape index (κ2) is 6.02. The van der Waals surface area contributed by atoms with Crippen molar-refractivity contribution in [3.05, 3.63) is 65.5 Å². The molecule has 0 fully saturated rings. The van der Waals surface area contributed by atoms with Gasteiger partial charge < -0.3 is 0 Å². The van der Waals surface area contributed by atoms with Gasteiger partial charge >= 0.3 is 0 Å². The van der Waals surface area contributed by atoms with Crippen LogP contribution in [0.25, 0.3) is 0 Å². The summed E-state index contributed by atoms with van der Waals surface area (Å²) < 4.78 is 0. The zero-order valence-electron chi connectivity index (χ0n) is 14.7. The van der Waals surface area contributed by atoms with E-state index < -0.39 is 0 Å². The van der Waals surface area contributed by atoms with Gasteiger partial charge in [0.05, 0.1) is 5.69 Å². The zero-order chi connectivity index (χ0) is 17.5. The van der Waals surface area contributed by atoms with Gasteiger partial charge in [-0.25, -0.2) is 9.97 Å². The van der Waals surface area contributed by atoms with Gasteiger partial charge in [-0.3, -0.25) is 4.90 Å². The molecule has 3 heterocycles. The molecule has 0 amide bonds. The minimum absolute atomic E-state index is 0.760. The van der Waals surface area contributed by atoms with Crippen molar-refractivity contribution in [2.45, 2.75) is 32.6 Å². The molecular weight excluding hydrogens is 322 g/mol. The molecule has 5 nitrogen and oxygen atoms in total. The van der Waals surface area contributed by atoms with Gasteiger partial charge in [0, 0.05) is 12.4 Å². The van der Waals surface area contributed by atoms with E-state index in [1.807, 2.05) is 24.3 Å². The first-order valence-electron chi connectivity index (χ1n) is 9.06. The number of benzene rings is 1. The Balaban J connectivity index is 1.81. The van der Waals surface area contributed by atoms with E-state index in [9.17, 15) is 0 Å². The van der Waals surface area contributed by atoms with Crippen molar-refractivity contribution < 1.29 is 0 Å². The maximum Gasteiger partial charge on any atom is 0.166 e. The SMILES string of the molecule is Cc1ccc(N2c3ncccc3N=Nc3cccnc32)c2c1CCCC2. The summed E-state index contributed by atoms with van der Waals surface area (Å²) in [7, 11) is 0. The van der Waals surface area contributed by atoms with Crippen molar-refractivity contribution >= 4 is 28.7 Å². The Kier molecular flexibility index (Phi) is 3.52. The molecule has 5 heteroatoms. The molecule has 128 valence electrons. The lowest BCUT2D eigenvalue weighted by molar-refractivity contribution is 0.682. The highest BCUT2D eigenvalue weighted by atomic mass is 15.3. The van der Waals surface area contributed by atoms with Crippen LogP contribution in [0.2, 0.25) is 0 Å². The average molecular weight is 341 g/mol. The smallest absolute Gasteiger partial charge is 0.166 e. The Morgan fingerprint density at radius 1 is 0.769 bits per heavy atom. The molecule has 0 bridgehead atoms. The fourth-order valence-electron chi connectivity index (χ4n) is 3.95. The molecule has 2 aliphatic rings. The summed E-state index contributed by atoms with van der Waals surface area (Å²) in [5, 5.41) is 8.83. The molecule has 0 atom stereocenters. The van der Waals surface area contributed by atoms with Gasteiger partial charge in [-0.15, -0.1) is 10.2 Å². The summed E-state index contributed by atoms with van der Waals surface area (Å²) in [6, 6.07) is 12.1. The van der Waals surface area contributed by atoms with Crippen LogP contribution in [-0.4, -0.2) is 9.97 Å². The van der Waals surface area contributed by atoms with Gasteiger partial charge in [0.25, 0.3) is 0 Å². The molecule has 0 unspecified atom stereocenters. The van der Waals surface area contributed by atoms with Crippen LogP contribution in [0, 0.1) is 6.92 Å². The Bertz CT molecular complexity index is 975. The van der Waals surface area contributed by atoms with Crippen LogP contribution >= 0.6 is 0 Å². The van der Waals surface area contributed by atoms with Crippen molar-refractivity contribution in [3.63, 3.8) is 0 Å². The van der Waals surface area contributed by atoms with E-state index in [2.05, 4.69) is 44.2 Å². The second-order valence-corrected chi connectivity index (χ2v) is 6.79. The molecule has 5 rings (SSSR count). The van der Waals surface area contributed by atoms with E-state index in [-0.39, 0.29) is 0 Å². The third-order valence-corrected chi connectivity index (χ3v) is 5.21. The molecule has 0 saturated heterocycles. The molecule has 3 aromatic rings. The summed E-state index contributed by atoms with van der Waals surface area (Å²) in [6.45, 7) is 2.21. The van der Waals surface area contributed by atoms with E-state index in [1.54, 1.807) is 12.4 Å². The molecule has 0 radical (unpaired) electrons. The fraction of sp³-hybridized carbons (Fsp3) is 0.238. The van der Waals surface area contributed by atoms with Gasteiger partial charge in [-0.05, 0) is 79.6 Å². The number of aromatic nitrogens is 2. The minimum atomic E-state index is 0.760. The normalized spacial score (nSPS) is 15.0. The number of rotatable bonds is 1. The Hall–Kier alpha value is -3.08. The largest absolute Gasteiger partial charge is 0.275 e. The number of azo groups is 1. The van der Waals surface area contributed by atoms with Gasteiger partial charge in [0.2, 0.25) is 0 Å². The number of anilines is 3. The Labute approximate surface area is 152 Å². The monoisotopic (exact) mass is 341 g/mol. The van der Waals surface area contributed by atoms with Crippen LogP contribution in [-0.2, 0) is 12.8 Å². The lowest BCUT2D eigenvalue weighted by Crippen LogP contribution is -2.17. The maximum absolute atomic E-state index is 4.64. The number of hydrogen-bond donors (Lipinski definition) is 0. The number of pyridine rings is 2. The van der Waals surface area contributed by atoms with Gasteiger partial charge in [0.15, 0.2) is 11.6 Å². The average Bonchev–Trinajstić information content (AvgIpc) is 2.86. The molecular formula is C21H19N5. The Morgan fingerprint density at radius 3 is 2.04 bits per heavy atom.